The lowest BCUT2D eigenvalue weighted by atomic mass is 10.3. The number of carbonyl (C=O) groups excluding carboxylic acids is 1. The van der Waals surface area contributed by atoms with Gasteiger partial charge in [0.2, 0.25) is 0 Å². The summed E-state index contributed by atoms with van der Waals surface area (Å²) >= 11 is 1.58. The number of amides is 1. The predicted molar refractivity (Wildman–Crippen MR) is 104 cm³/mol. The van der Waals surface area contributed by atoms with Gasteiger partial charge in [-0.1, -0.05) is 18.2 Å². The van der Waals surface area contributed by atoms with Crippen LogP contribution >= 0.6 is 11.3 Å². The third kappa shape index (κ3) is 2.98. The van der Waals surface area contributed by atoms with E-state index in [0.717, 1.165) is 20.9 Å². The molecule has 7 heteroatoms. The van der Waals surface area contributed by atoms with E-state index >= 15 is 0 Å². The summed E-state index contributed by atoms with van der Waals surface area (Å²) in [5.74, 6) is 1.13. The summed E-state index contributed by atoms with van der Waals surface area (Å²) in [5.41, 5.74) is 2.06. The van der Waals surface area contributed by atoms with E-state index in [9.17, 15) is 4.79 Å². The van der Waals surface area contributed by atoms with Crippen LogP contribution in [-0.4, -0.2) is 20.3 Å². The number of hydrogen-bond acceptors (Lipinski definition) is 5. The minimum atomic E-state index is -0.239. The summed E-state index contributed by atoms with van der Waals surface area (Å²) in [6, 6.07) is 17.3. The van der Waals surface area contributed by atoms with Crippen LogP contribution in [0, 0.1) is 0 Å². The first-order valence-electron chi connectivity index (χ1n) is 8.43. The lowest BCUT2D eigenvalue weighted by Crippen LogP contribution is -2.22. The Morgan fingerprint density at radius 2 is 1.96 bits per heavy atom. The van der Waals surface area contributed by atoms with Crippen LogP contribution in [0.1, 0.15) is 16.2 Å². The zero-order valence-electron chi connectivity index (χ0n) is 14.1. The van der Waals surface area contributed by atoms with E-state index in [-0.39, 0.29) is 12.5 Å². The molecule has 1 amide bonds. The van der Waals surface area contributed by atoms with Crippen molar-refractivity contribution in [2.75, 3.05) is 0 Å². The number of para-hydroxylation sites is 1. The zero-order chi connectivity index (χ0) is 18.2. The predicted octanol–water partition coefficient (Wildman–Crippen LogP) is 4.13. The van der Waals surface area contributed by atoms with Gasteiger partial charge in [-0.25, -0.2) is 9.97 Å². The maximum Gasteiger partial charge on any atom is 0.271 e. The number of thiazole rings is 1. The Morgan fingerprint density at radius 1 is 1.07 bits per heavy atom. The lowest BCUT2D eigenvalue weighted by Gasteiger charge is -1.99. The summed E-state index contributed by atoms with van der Waals surface area (Å²) in [6.07, 6.45) is 3.56. The monoisotopic (exact) mass is 374 g/mol. The van der Waals surface area contributed by atoms with Crippen molar-refractivity contribution >= 4 is 33.1 Å². The molecule has 6 nitrogen and oxygen atoms in total. The molecule has 1 N–H and O–H groups in total. The zero-order valence-corrected chi connectivity index (χ0v) is 14.9. The number of fused-ring (bicyclic) bond motifs is 2. The third-order valence-electron chi connectivity index (χ3n) is 4.19. The van der Waals surface area contributed by atoms with Gasteiger partial charge in [-0.2, -0.15) is 0 Å². The van der Waals surface area contributed by atoms with Crippen LogP contribution < -0.4 is 5.32 Å². The summed E-state index contributed by atoms with van der Waals surface area (Å²) in [7, 11) is 0. The number of furan rings is 1. The maximum absolute atomic E-state index is 12.3. The number of benzene rings is 1. The number of nitrogens with one attached hydrogen (secondary N) is 1. The first kappa shape index (κ1) is 15.8. The van der Waals surface area contributed by atoms with Gasteiger partial charge in [0.05, 0.1) is 16.8 Å². The maximum atomic E-state index is 12.3. The van der Waals surface area contributed by atoms with Gasteiger partial charge in [0, 0.05) is 12.4 Å². The van der Waals surface area contributed by atoms with Crippen molar-refractivity contribution in [3.63, 3.8) is 0 Å². The van der Waals surface area contributed by atoms with Crippen molar-refractivity contribution in [3.05, 3.63) is 78.4 Å². The van der Waals surface area contributed by atoms with Crippen molar-refractivity contribution in [1.82, 2.24) is 19.7 Å². The van der Waals surface area contributed by atoms with Crippen molar-refractivity contribution in [3.8, 4) is 10.8 Å². The molecule has 0 unspecified atom stereocenters. The molecule has 0 saturated carbocycles. The quantitative estimate of drug-likeness (QED) is 0.513. The molecule has 132 valence electrons. The molecule has 0 atom stereocenters. The van der Waals surface area contributed by atoms with E-state index in [1.165, 1.54) is 0 Å². The van der Waals surface area contributed by atoms with Crippen LogP contribution in [0.25, 0.3) is 26.6 Å². The SMILES string of the molecule is O=C(NCc1ccc(-c2nc3ccccc3s2)o1)c1cn2ccccc2n1. The van der Waals surface area contributed by atoms with Gasteiger partial charge in [-0.3, -0.25) is 4.79 Å². The molecule has 4 heterocycles. The molecule has 4 aromatic heterocycles. The van der Waals surface area contributed by atoms with Crippen LogP contribution in [0.4, 0.5) is 0 Å². The summed E-state index contributed by atoms with van der Waals surface area (Å²) in [6.45, 7) is 0.289. The number of aromatic nitrogens is 3. The second-order valence-electron chi connectivity index (χ2n) is 6.03. The smallest absolute Gasteiger partial charge is 0.271 e. The van der Waals surface area contributed by atoms with Gasteiger partial charge >= 0.3 is 0 Å². The van der Waals surface area contributed by atoms with E-state index in [1.54, 1.807) is 17.5 Å². The Kier molecular flexibility index (Phi) is 3.72. The first-order valence-corrected chi connectivity index (χ1v) is 9.24. The van der Waals surface area contributed by atoms with E-state index < -0.39 is 0 Å². The van der Waals surface area contributed by atoms with Gasteiger partial charge in [-0.15, -0.1) is 11.3 Å². The van der Waals surface area contributed by atoms with Gasteiger partial charge in [0.15, 0.2) is 10.8 Å². The summed E-state index contributed by atoms with van der Waals surface area (Å²) in [5, 5.41) is 3.67. The molecule has 5 aromatic rings. The fraction of sp³-hybridized carbons (Fsp3) is 0.0500. The van der Waals surface area contributed by atoms with Crippen LogP contribution in [0.2, 0.25) is 0 Å². The Hall–Kier alpha value is -3.45. The van der Waals surface area contributed by atoms with E-state index in [2.05, 4.69) is 15.3 Å². The minimum absolute atomic E-state index is 0.239. The number of pyridine rings is 1. The normalized spacial score (nSPS) is 11.3. The molecule has 0 spiro atoms. The molecule has 1 aromatic carbocycles. The van der Waals surface area contributed by atoms with Crippen LogP contribution in [0.3, 0.4) is 0 Å². The van der Waals surface area contributed by atoms with Crippen molar-refractivity contribution in [1.29, 1.82) is 0 Å². The van der Waals surface area contributed by atoms with Crippen molar-refractivity contribution in [2.45, 2.75) is 6.54 Å². The topological polar surface area (TPSA) is 72.4 Å². The Balaban J connectivity index is 1.31. The first-order chi connectivity index (χ1) is 13.3. The molecule has 0 fully saturated rings. The molecular weight excluding hydrogens is 360 g/mol. The molecule has 5 rings (SSSR count). The van der Waals surface area contributed by atoms with Gasteiger partial charge in [-0.05, 0) is 36.4 Å². The summed E-state index contributed by atoms with van der Waals surface area (Å²) < 4.78 is 8.78. The number of rotatable bonds is 4. The highest BCUT2D eigenvalue weighted by atomic mass is 32.1. The third-order valence-corrected chi connectivity index (χ3v) is 5.24. The number of carbonyl (C=O) groups is 1. The van der Waals surface area contributed by atoms with Crippen LogP contribution in [0.15, 0.2) is 71.4 Å². The Labute approximate surface area is 158 Å². The molecule has 27 heavy (non-hydrogen) atoms. The van der Waals surface area contributed by atoms with Crippen molar-refractivity contribution < 1.29 is 9.21 Å². The number of hydrogen-bond donors (Lipinski definition) is 1. The molecule has 0 radical (unpaired) electrons. The fourth-order valence-corrected chi connectivity index (χ4v) is 3.79. The molecule has 0 bridgehead atoms. The molecule has 0 aliphatic rings. The Bertz CT molecular complexity index is 1200. The summed E-state index contributed by atoms with van der Waals surface area (Å²) in [4.78, 5) is 21.2. The van der Waals surface area contributed by atoms with Crippen LogP contribution in [0.5, 0.6) is 0 Å². The van der Waals surface area contributed by atoms with Crippen LogP contribution in [-0.2, 0) is 6.54 Å². The average molecular weight is 374 g/mol. The molecular formula is C20H14N4O2S. The van der Waals surface area contributed by atoms with Gasteiger partial charge < -0.3 is 14.1 Å². The number of imidazole rings is 1. The lowest BCUT2D eigenvalue weighted by molar-refractivity contribution is 0.0943. The second kappa shape index (κ2) is 6.37. The molecule has 0 aliphatic heterocycles. The van der Waals surface area contributed by atoms with Crippen molar-refractivity contribution in [2.24, 2.45) is 0 Å². The highest BCUT2D eigenvalue weighted by Crippen LogP contribution is 2.31. The molecule has 0 aliphatic carbocycles. The fourth-order valence-electron chi connectivity index (χ4n) is 2.87. The Morgan fingerprint density at radius 3 is 2.85 bits per heavy atom. The van der Waals surface area contributed by atoms with E-state index in [4.69, 9.17) is 4.42 Å². The van der Waals surface area contributed by atoms with E-state index in [0.29, 0.717) is 17.2 Å². The average Bonchev–Trinajstić information content (AvgIpc) is 3.42. The largest absolute Gasteiger partial charge is 0.457 e. The number of nitrogens with zero attached hydrogens (tertiary/aromatic N) is 3. The van der Waals surface area contributed by atoms with E-state index in [1.807, 2.05) is 65.2 Å². The second-order valence-corrected chi connectivity index (χ2v) is 7.06. The standard InChI is InChI=1S/C20H14N4O2S/c25-19(15-12-24-10-4-3-7-18(24)22-15)21-11-13-8-9-16(26-13)20-23-14-5-1-2-6-17(14)27-20/h1-10,12H,11H2,(H,21,25). The molecule has 0 saturated heterocycles. The van der Waals surface area contributed by atoms with Gasteiger partial charge in [0.1, 0.15) is 17.1 Å². The highest BCUT2D eigenvalue weighted by molar-refractivity contribution is 7.21. The highest BCUT2D eigenvalue weighted by Gasteiger charge is 2.13. The van der Waals surface area contributed by atoms with Gasteiger partial charge in [0.25, 0.3) is 5.91 Å². The minimum Gasteiger partial charge on any atom is -0.457 e.